The maximum Gasteiger partial charge on any atom is 0.149 e. The second-order valence-corrected chi connectivity index (χ2v) is 5.70. The molecule has 1 unspecified atom stereocenters. The van der Waals surface area contributed by atoms with Crippen LogP contribution in [0.5, 0.6) is 0 Å². The summed E-state index contributed by atoms with van der Waals surface area (Å²) >= 11 is 0. The van der Waals surface area contributed by atoms with E-state index in [1.54, 1.807) is 7.05 Å². The minimum atomic E-state index is -0.542. The van der Waals surface area contributed by atoms with E-state index in [1.807, 2.05) is 6.92 Å². The van der Waals surface area contributed by atoms with E-state index in [0.717, 1.165) is 25.0 Å². The molecular weight excluding hydrogens is 214 g/mol. The van der Waals surface area contributed by atoms with Crippen molar-refractivity contribution in [2.24, 2.45) is 16.3 Å². The average molecular weight is 237 g/mol. The SMILES string of the molecule is CCCCC(=O)C1C(=O)CC(C)(C)CC1=NC. The molecule has 3 nitrogen and oxygen atoms in total. The van der Waals surface area contributed by atoms with Crippen LogP contribution in [0.15, 0.2) is 4.99 Å². The van der Waals surface area contributed by atoms with Gasteiger partial charge in [0.15, 0.2) is 0 Å². The highest BCUT2D eigenvalue weighted by molar-refractivity contribution is 6.22. The maximum atomic E-state index is 12.1. The molecule has 1 atom stereocenters. The third kappa shape index (κ3) is 3.48. The van der Waals surface area contributed by atoms with E-state index in [1.165, 1.54) is 0 Å². The largest absolute Gasteiger partial charge is 0.298 e. The van der Waals surface area contributed by atoms with Gasteiger partial charge in [0, 0.05) is 25.6 Å². The number of hydrogen-bond acceptors (Lipinski definition) is 3. The fourth-order valence-electron chi connectivity index (χ4n) is 2.48. The van der Waals surface area contributed by atoms with Crippen molar-refractivity contribution in [1.82, 2.24) is 0 Å². The smallest absolute Gasteiger partial charge is 0.149 e. The second-order valence-electron chi connectivity index (χ2n) is 5.70. The first kappa shape index (κ1) is 14.1. The summed E-state index contributed by atoms with van der Waals surface area (Å²) in [4.78, 5) is 28.3. The summed E-state index contributed by atoms with van der Waals surface area (Å²) in [6.07, 6.45) is 3.61. The fraction of sp³-hybridized carbons (Fsp3) is 0.786. The lowest BCUT2D eigenvalue weighted by Gasteiger charge is -2.33. The number of rotatable bonds is 4. The molecule has 96 valence electrons. The number of ketones is 2. The molecule has 0 amide bonds. The maximum absolute atomic E-state index is 12.1. The molecule has 3 heteroatoms. The molecule has 0 saturated heterocycles. The molecule has 0 N–H and O–H groups in total. The van der Waals surface area contributed by atoms with Crippen LogP contribution in [-0.4, -0.2) is 24.3 Å². The van der Waals surface area contributed by atoms with E-state index in [0.29, 0.717) is 12.8 Å². The van der Waals surface area contributed by atoms with E-state index >= 15 is 0 Å². The molecule has 0 aromatic heterocycles. The molecule has 0 aliphatic heterocycles. The number of nitrogens with zero attached hydrogens (tertiary/aromatic N) is 1. The molecule has 1 aliphatic rings. The van der Waals surface area contributed by atoms with Crippen LogP contribution >= 0.6 is 0 Å². The third-order valence-corrected chi connectivity index (χ3v) is 3.35. The summed E-state index contributed by atoms with van der Waals surface area (Å²) in [6.45, 7) is 6.17. The van der Waals surface area contributed by atoms with E-state index in [4.69, 9.17) is 0 Å². The van der Waals surface area contributed by atoms with Gasteiger partial charge in [0.2, 0.25) is 0 Å². The first-order valence-electron chi connectivity index (χ1n) is 6.42. The highest BCUT2D eigenvalue weighted by Crippen LogP contribution is 2.35. The van der Waals surface area contributed by atoms with Crippen molar-refractivity contribution >= 4 is 17.3 Å². The normalized spacial score (nSPS) is 26.2. The Morgan fingerprint density at radius 3 is 2.59 bits per heavy atom. The Kier molecular flexibility index (Phi) is 4.61. The Bertz CT molecular complexity index is 342. The topological polar surface area (TPSA) is 46.5 Å². The van der Waals surface area contributed by atoms with Crippen molar-refractivity contribution in [3.63, 3.8) is 0 Å². The summed E-state index contributed by atoms with van der Waals surface area (Å²) in [7, 11) is 1.68. The van der Waals surface area contributed by atoms with Crippen LogP contribution in [0.25, 0.3) is 0 Å². The van der Waals surface area contributed by atoms with Crippen LogP contribution in [0.2, 0.25) is 0 Å². The molecule has 1 rings (SSSR count). The molecule has 0 bridgehead atoms. The standard InChI is InChI=1S/C14H23NO2/c1-5-6-7-11(16)13-10(15-4)8-14(2,3)9-12(13)17/h13H,5-9H2,1-4H3. The van der Waals surface area contributed by atoms with Gasteiger partial charge in [-0.15, -0.1) is 0 Å². The zero-order valence-corrected chi connectivity index (χ0v) is 11.4. The lowest BCUT2D eigenvalue weighted by atomic mass is 9.69. The van der Waals surface area contributed by atoms with Gasteiger partial charge in [0.1, 0.15) is 17.5 Å². The van der Waals surface area contributed by atoms with Gasteiger partial charge in [-0.3, -0.25) is 14.6 Å². The van der Waals surface area contributed by atoms with Crippen LogP contribution in [0.3, 0.4) is 0 Å². The molecule has 1 saturated carbocycles. The van der Waals surface area contributed by atoms with Gasteiger partial charge in [0.25, 0.3) is 0 Å². The minimum Gasteiger partial charge on any atom is -0.298 e. The van der Waals surface area contributed by atoms with E-state index in [-0.39, 0.29) is 17.0 Å². The summed E-state index contributed by atoms with van der Waals surface area (Å²) in [5, 5.41) is 0. The Balaban J connectivity index is 2.84. The first-order valence-corrected chi connectivity index (χ1v) is 6.42. The highest BCUT2D eigenvalue weighted by atomic mass is 16.2. The van der Waals surface area contributed by atoms with E-state index in [9.17, 15) is 9.59 Å². The van der Waals surface area contributed by atoms with Crippen LogP contribution < -0.4 is 0 Å². The number of unbranched alkanes of at least 4 members (excludes halogenated alkanes) is 1. The summed E-state index contributed by atoms with van der Waals surface area (Å²) in [5.74, 6) is -0.421. The molecule has 0 heterocycles. The van der Waals surface area contributed by atoms with Gasteiger partial charge in [-0.2, -0.15) is 0 Å². The van der Waals surface area contributed by atoms with Gasteiger partial charge in [0.05, 0.1) is 0 Å². The summed E-state index contributed by atoms with van der Waals surface area (Å²) in [6, 6.07) is 0. The monoisotopic (exact) mass is 237 g/mol. The van der Waals surface area contributed by atoms with E-state index < -0.39 is 5.92 Å². The molecular formula is C14H23NO2. The molecule has 0 aromatic rings. The van der Waals surface area contributed by atoms with Crippen LogP contribution in [0.4, 0.5) is 0 Å². The van der Waals surface area contributed by atoms with Gasteiger partial charge < -0.3 is 0 Å². The predicted octanol–water partition coefficient (Wildman–Crippen LogP) is 2.82. The number of carbonyl (C=O) groups excluding carboxylic acids is 2. The van der Waals surface area contributed by atoms with Gasteiger partial charge in [-0.25, -0.2) is 0 Å². The van der Waals surface area contributed by atoms with Crippen molar-refractivity contribution in [3.8, 4) is 0 Å². The Hall–Kier alpha value is -0.990. The zero-order valence-electron chi connectivity index (χ0n) is 11.4. The van der Waals surface area contributed by atoms with Gasteiger partial charge in [-0.1, -0.05) is 27.2 Å². The quantitative estimate of drug-likeness (QED) is 0.706. The van der Waals surface area contributed by atoms with Crippen LogP contribution in [0.1, 0.15) is 52.9 Å². The Morgan fingerprint density at radius 1 is 1.41 bits per heavy atom. The first-order chi connectivity index (χ1) is 7.91. The van der Waals surface area contributed by atoms with Crippen molar-refractivity contribution in [1.29, 1.82) is 0 Å². The Labute approximate surface area is 104 Å². The molecule has 1 aliphatic carbocycles. The molecule has 0 aromatic carbocycles. The van der Waals surface area contributed by atoms with E-state index in [2.05, 4.69) is 18.8 Å². The molecule has 0 radical (unpaired) electrons. The average Bonchev–Trinajstić information content (AvgIpc) is 2.23. The Morgan fingerprint density at radius 2 is 2.06 bits per heavy atom. The van der Waals surface area contributed by atoms with Crippen molar-refractivity contribution < 1.29 is 9.59 Å². The fourth-order valence-corrected chi connectivity index (χ4v) is 2.48. The number of hydrogen-bond donors (Lipinski definition) is 0. The lowest BCUT2D eigenvalue weighted by Crippen LogP contribution is -2.41. The summed E-state index contributed by atoms with van der Waals surface area (Å²) < 4.78 is 0. The van der Waals surface area contributed by atoms with Gasteiger partial charge in [-0.05, 0) is 18.3 Å². The van der Waals surface area contributed by atoms with Crippen molar-refractivity contribution in [3.05, 3.63) is 0 Å². The number of carbonyl (C=O) groups is 2. The zero-order chi connectivity index (χ0) is 13.1. The van der Waals surface area contributed by atoms with Gasteiger partial charge >= 0.3 is 0 Å². The van der Waals surface area contributed by atoms with Crippen LogP contribution in [0, 0.1) is 11.3 Å². The minimum absolute atomic E-state index is 0.0482. The summed E-state index contributed by atoms with van der Waals surface area (Å²) in [5.41, 5.74) is 0.736. The molecule has 1 fully saturated rings. The molecule has 0 spiro atoms. The van der Waals surface area contributed by atoms with Crippen molar-refractivity contribution in [2.75, 3.05) is 7.05 Å². The lowest BCUT2D eigenvalue weighted by molar-refractivity contribution is -0.132. The third-order valence-electron chi connectivity index (χ3n) is 3.35. The number of aliphatic imine (C=N–C) groups is 1. The second kappa shape index (κ2) is 5.56. The molecule has 17 heavy (non-hydrogen) atoms. The van der Waals surface area contributed by atoms with Crippen molar-refractivity contribution in [2.45, 2.75) is 52.9 Å². The van der Waals surface area contributed by atoms with Crippen LogP contribution in [-0.2, 0) is 9.59 Å². The highest BCUT2D eigenvalue weighted by Gasteiger charge is 2.40. The number of Topliss-reactive ketones (excluding diaryl/α,β-unsaturated/α-hetero) is 2. The predicted molar refractivity (Wildman–Crippen MR) is 69.4 cm³/mol.